The zero-order valence-corrected chi connectivity index (χ0v) is 17.8. The van der Waals surface area contributed by atoms with Crippen molar-refractivity contribution in [2.75, 3.05) is 23.3 Å². The first-order chi connectivity index (χ1) is 14.7. The number of anilines is 2. The predicted octanol–water partition coefficient (Wildman–Crippen LogP) is 6.52. The average molecular weight is 448 g/mol. The van der Waals surface area contributed by atoms with Crippen molar-refractivity contribution < 1.29 is 18.0 Å². The highest BCUT2D eigenvalue weighted by atomic mass is 35.5. The van der Waals surface area contributed by atoms with Crippen LogP contribution in [0.5, 0.6) is 0 Å². The average Bonchev–Trinajstić information content (AvgIpc) is 2.75. The number of rotatable bonds is 6. The summed E-state index contributed by atoms with van der Waals surface area (Å²) in [7, 11) is 0. The normalized spacial score (nSPS) is 11.3. The Labute approximate surface area is 183 Å². The number of nitrogens with zero attached hydrogens (tertiary/aromatic N) is 2. The Balaban J connectivity index is 1.81. The van der Waals surface area contributed by atoms with Gasteiger partial charge in [-0.2, -0.15) is 13.2 Å². The molecule has 0 spiro atoms. The molecule has 8 heteroatoms. The second-order valence-electron chi connectivity index (χ2n) is 6.77. The lowest BCUT2D eigenvalue weighted by Crippen LogP contribution is -2.21. The van der Waals surface area contributed by atoms with Gasteiger partial charge < -0.3 is 10.2 Å². The zero-order chi connectivity index (χ0) is 22.6. The van der Waals surface area contributed by atoms with E-state index >= 15 is 0 Å². The maximum Gasteiger partial charge on any atom is 0.418 e. The summed E-state index contributed by atoms with van der Waals surface area (Å²) in [6, 6.07) is 13.7. The van der Waals surface area contributed by atoms with Gasteiger partial charge in [0, 0.05) is 41.8 Å². The Morgan fingerprint density at radius 1 is 1.06 bits per heavy atom. The van der Waals surface area contributed by atoms with E-state index in [1.807, 2.05) is 12.1 Å². The molecule has 1 amide bonds. The number of carbonyl (C=O) groups excluding carboxylic acids is 1. The number of halogens is 4. The summed E-state index contributed by atoms with van der Waals surface area (Å²) in [6.45, 7) is 5.88. The number of nitrogens with one attached hydrogen (secondary N) is 1. The van der Waals surface area contributed by atoms with E-state index in [0.717, 1.165) is 24.8 Å². The Morgan fingerprint density at radius 2 is 1.74 bits per heavy atom. The van der Waals surface area contributed by atoms with Crippen molar-refractivity contribution in [1.29, 1.82) is 0 Å². The van der Waals surface area contributed by atoms with Crippen LogP contribution in [0, 0.1) is 0 Å². The Bertz CT molecular complexity index is 1060. The Kier molecular flexibility index (Phi) is 6.85. The lowest BCUT2D eigenvalue weighted by Gasteiger charge is -2.21. The van der Waals surface area contributed by atoms with Crippen molar-refractivity contribution >= 4 is 28.9 Å². The van der Waals surface area contributed by atoms with Gasteiger partial charge in [0.05, 0.1) is 16.3 Å². The van der Waals surface area contributed by atoms with Gasteiger partial charge in [-0.05, 0) is 62.4 Å². The molecular weight excluding hydrogens is 427 g/mol. The molecule has 2 aromatic carbocycles. The molecule has 3 aromatic rings. The van der Waals surface area contributed by atoms with Crippen molar-refractivity contribution in [2.45, 2.75) is 20.0 Å². The maximum absolute atomic E-state index is 13.3. The van der Waals surface area contributed by atoms with Gasteiger partial charge >= 0.3 is 6.18 Å². The van der Waals surface area contributed by atoms with Crippen molar-refractivity contribution in [1.82, 2.24) is 4.98 Å². The third-order valence-electron chi connectivity index (χ3n) is 4.85. The van der Waals surface area contributed by atoms with E-state index < -0.39 is 17.6 Å². The number of hydrogen-bond acceptors (Lipinski definition) is 3. The molecule has 31 heavy (non-hydrogen) atoms. The largest absolute Gasteiger partial charge is 0.418 e. The van der Waals surface area contributed by atoms with Crippen LogP contribution in [0.2, 0.25) is 5.02 Å². The number of carbonyl (C=O) groups is 1. The van der Waals surface area contributed by atoms with Gasteiger partial charge in [0.2, 0.25) is 0 Å². The third-order valence-corrected chi connectivity index (χ3v) is 5.17. The first-order valence-electron chi connectivity index (χ1n) is 9.73. The smallest absolute Gasteiger partial charge is 0.372 e. The highest BCUT2D eigenvalue weighted by Crippen LogP contribution is 2.38. The highest BCUT2D eigenvalue weighted by Gasteiger charge is 2.34. The maximum atomic E-state index is 13.3. The van der Waals surface area contributed by atoms with E-state index in [4.69, 9.17) is 11.6 Å². The molecule has 0 unspecified atom stereocenters. The molecule has 0 radical (unpaired) electrons. The highest BCUT2D eigenvalue weighted by molar-refractivity contribution is 6.33. The minimum absolute atomic E-state index is 0.00808. The monoisotopic (exact) mass is 447 g/mol. The summed E-state index contributed by atoms with van der Waals surface area (Å²) in [5.41, 5.74) is 0.818. The molecule has 162 valence electrons. The van der Waals surface area contributed by atoms with E-state index in [1.54, 1.807) is 12.1 Å². The molecule has 3 rings (SSSR count). The number of hydrogen-bond donors (Lipinski definition) is 1. The van der Waals surface area contributed by atoms with Crippen LogP contribution in [0.15, 0.2) is 60.8 Å². The quantitative estimate of drug-likeness (QED) is 0.468. The van der Waals surface area contributed by atoms with E-state index in [2.05, 4.69) is 29.0 Å². The van der Waals surface area contributed by atoms with Crippen LogP contribution in [0.1, 0.15) is 29.8 Å². The lowest BCUT2D eigenvalue weighted by atomic mass is 10.0. The van der Waals surface area contributed by atoms with Crippen LogP contribution >= 0.6 is 11.6 Å². The molecule has 0 atom stereocenters. The SMILES string of the molecule is CCN(CC)c1ccc(NC(=O)c2ccc(-c3ncccc3C(F)(F)F)c(Cl)c2)cc1. The van der Waals surface area contributed by atoms with Crippen LogP contribution < -0.4 is 10.2 Å². The van der Waals surface area contributed by atoms with E-state index in [-0.39, 0.29) is 21.8 Å². The minimum Gasteiger partial charge on any atom is -0.372 e. The fourth-order valence-corrected chi connectivity index (χ4v) is 3.51. The topological polar surface area (TPSA) is 45.2 Å². The molecule has 1 N–H and O–H groups in total. The molecule has 1 aromatic heterocycles. The summed E-state index contributed by atoms with van der Waals surface area (Å²) in [5, 5.41) is 2.78. The lowest BCUT2D eigenvalue weighted by molar-refractivity contribution is -0.137. The molecule has 0 aliphatic carbocycles. The number of alkyl halides is 3. The van der Waals surface area contributed by atoms with Crippen molar-refractivity contribution in [2.24, 2.45) is 0 Å². The van der Waals surface area contributed by atoms with Crippen molar-refractivity contribution in [3.63, 3.8) is 0 Å². The minimum atomic E-state index is -4.57. The first kappa shape index (κ1) is 22.6. The Hall–Kier alpha value is -3.06. The molecule has 0 saturated heterocycles. The first-order valence-corrected chi connectivity index (χ1v) is 10.1. The van der Waals surface area contributed by atoms with Crippen LogP contribution in [-0.4, -0.2) is 24.0 Å². The van der Waals surface area contributed by atoms with Crippen LogP contribution in [0.25, 0.3) is 11.3 Å². The summed E-state index contributed by atoms with van der Waals surface area (Å²) in [6.07, 6.45) is -3.30. The second-order valence-corrected chi connectivity index (χ2v) is 7.17. The molecule has 1 heterocycles. The van der Waals surface area contributed by atoms with Gasteiger partial charge in [-0.3, -0.25) is 9.78 Å². The fraction of sp³-hybridized carbons (Fsp3) is 0.217. The third kappa shape index (κ3) is 5.17. The molecule has 4 nitrogen and oxygen atoms in total. The van der Waals surface area contributed by atoms with Crippen LogP contribution in [0.4, 0.5) is 24.5 Å². The predicted molar refractivity (Wildman–Crippen MR) is 118 cm³/mol. The van der Waals surface area contributed by atoms with Gasteiger partial charge in [0.25, 0.3) is 5.91 Å². The number of aromatic nitrogens is 1. The van der Waals surface area contributed by atoms with Crippen LogP contribution in [-0.2, 0) is 6.18 Å². The van der Waals surface area contributed by atoms with E-state index in [9.17, 15) is 18.0 Å². The van der Waals surface area contributed by atoms with Crippen molar-refractivity contribution in [3.8, 4) is 11.3 Å². The van der Waals surface area contributed by atoms with Crippen molar-refractivity contribution in [3.05, 3.63) is 76.9 Å². The number of pyridine rings is 1. The second kappa shape index (κ2) is 9.39. The zero-order valence-electron chi connectivity index (χ0n) is 17.0. The molecule has 0 fully saturated rings. The molecule has 0 bridgehead atoms. The van der Waals surface area contributed by atoms with Gasteiger partial charge in [0.1, 0.15) is 0 Å². The number of benzene rings is 2. The van der Waals surface area contributed by atoms with Gasteiger partial charge in [-0.25, -0.2) is 0 Å². The van der Waals surface area contributed by atoms with Gasteiger partial charge in [-0.15, -0.1) is 0 Å². The summed E-state index contributed by atoms with van der Waals surface area (Å²) < 4.78 is 39.9. The summed E-state index contributed by atoms with van der Waals surface area (Å²) >= 11 is 6.23. The van der Waals surface area contributed by atoms with Gasteiger partial charge in [-0.1, -0.05) is 17.7 Å². The fourth-order valence-electron chi connectivity index (χ4n) is 3.24. The van der Waals surface area contributed by atoms with E-state index in [1.165, 1.54) is 30.5 Å². The summed E-state index contributed by atoms with van der Waals surface area (Å²) in [5.74, 6) is -0.416. The molecule has 0 saturated carbocycles. The summed E-state index contributed by atoms with van der Waals surface area (Å²) in [4.78, 5) is 18.6. The Morgan fingerprint density at radius 3 is 2.32 bits per heavy atom. The molecule has 0 aliphatic rings. The standard InChI is InChI=1S/C23H21ClF3N3O/c1-3-30(4-2)17-10-8-16(9-11-17)29-22(31)15-7-12-18(20(24)14-15)21-19(23(25,26)27)6-5-13-28-21/h5-14H,3-4H2,1-2H3,(H,29,31). The van der Waals surface area contributed by atoms with Gasteiger partial charge in [0.15, 0.2) is 0 Å². The number of amides is 1. The van der Waals surface area contributed by atoms with E-state index in [0.29, 0.717) is 5.69 Å². The molecule has 0 aliphatic heterocycles. The molecular formula is C23H21ClF3N3O. The van der Waals surface area contributed by atoms with Crippen LogP contribution in [0.3, 0.4) is 0 Å².